The van der Waals surface area contributed by atoms with Crippen molar-refractivity contribution in [3.8, 4) is 11.1 Å². The van der Waals surface area contributed by atoms with Crippen LogP contribution < -0.4 is 0 Å². The summed E-state index contributed by atoms with van der Waals surface area (Å²) < 4.78 is 5.00. The SMILES string of the molecule is COC(=O)c1cc2cc3ccccc3nc2cc1-c1ccc(C)cc1. The molecule has 1 aromatic heterocycles. The van der Waals surface area contributed by atoms with Gasteiger partial charge in [0, 0.05) is 10.8 Å². The monoisotopic (exact) mass is 327 g/mol. The third-order valence-corrected chi connectivity index (χ3v) is 4.42. The van der Waals surface area contributed by atoms with Gasteiger partial charge in [0.25, 0.3) is 0 Å². The number of para-hydroxylation sites is 1. The fraction of sp³-hybridized carbons (Fsp3) is 0.0909. The molecule has 0 saturated carbocycles. The molecule has 0 radical (unpaired) electrons. The number of ether oxygens (including phenoxy) is 1. The fourth-order valence-electron chi connectivity index (χ4n) is 3.08. The number of esters is 1. The van der Waals surface area contributed by atoms with Crippen LogP contribution in [0.25, 0.3) is 32.9 Å². The van der Waals surface area contributed by atoms with Gasteiger partial charge >= 0.3 is 5.97 Å². The number of carbonyl (C=O) groups excluding carboxylic acids is 1. The second-order valence-electron chi connectivity index (χ2n) is 6.13. The third kappa shape index (κ3) is 2.74. The van der Waals surface area contributed by atoms with E-state index in [1.165, 1.54) is 12.7 Å². The van der Waals surface area contributed by atoms with Gasteiger partial charge < -0.3 is 4.74 Å². The van der Waals surface area contributed by atoms with Crippen LogP contribution in [0.4, 0.5) is 0 Å². The summed E-state index contributed by atoms with van der Waals surface area (Å²) in [6.45, 7) is 2.04. The molecule has 4 aromatic rings. The zero-order valence-electron chi connectivity index (χ0n) is 14.1. The largest absolute Gasteiger partial charge is 0.465 e. The van der Waals surface area contributed by atoms with E-state index in [2.05, 4.69) is 6.07 Å². The molecule has 1 heterocycles. The quantitative estimate of drug-likeness (QED) is 0.377. The van der Waals surface area contributed by atoms with Gasteiger partial charge in [0.1, 0.15) is 0 Å². The van der Waals surface area contributed by atoms with Crippen molar-refractivity contribution >= 4 is 27.8 Å². The number of aryl methyl sites for hydroxylation is 1. The highest BCUT2D eigenvalue weighted by Gasteiger charge is 2.15. The van der Waals surface area contributed by atoms with Crippen molar-refractivity contribution in [2.45, 2.75) is 6.92 Å². The summed E-state index contributed by atoms with van der Waals surface area (Å²) in [7, 11) is 1.41. The topological polar surface area (TPSA) is 39.2 Å². The normalized spacial score (nSPS) is 11.0. The lowest BCUT2D eigenvalue weighted by atomic mass is 9.96. The Morgan fingerprint density at radius 2 is 1.64 bits per heavy atom. The maximum atomic E-state index is 12.3. The Hall–Kier alpha value is -3.20. The van der Waals surface area contributed by atoms with Gasteiger partial charge in [0.15, 0.2) is 0 Å². The molecular formula is C22H17NO2. The molecule has 0 bridgehead atoms. The van der Waals surface area contributed by atoms with Crippen molar-refractivity contribution in [3.05, 3.63) is 77.9 Å². The van der Waals surface area contributed by atoms with Gasteiger partial charge in [-0.05, 0) is 42.3 Å². The van der Waals surface area contributed by atoms with Gasteiger partial charge in [0.05, 0.1) is 23.7 Å². The molecule has 0 fully saturated rings. The average molecular weight is 327 g/mol. The first kappa shape index (κ1) is 15.3. The number of aromatic nitrogens is 1. The number of rotatable bonds is 2. The zero-order valence-corrected chi connectivity index (χ0v) is 14.1. The summed E-state index contributed by atoms with van der Waals surface area (Å²) in [6.07, 6.45) is 0. The lowest BCUT2D eigenvalue weighted by molar-refractivity contribution is 0.0602. The summed E-state index contributed by atoms with van der Waals surface area (Å²) in [4.78, 5) is 17.1. The summed E-state index contributed by atoms with van der Waals surface area (Å²) in [6, 6.07) is 22.0. The van der Waals surface area contributed by atoms with Crippen LogP contribution in [-0.4, -0.2) is 18.1 Å². The third-order valence-electron chi connectivity index (χ3n) is 4.42. The van der Waals surface area contributed by atoms with Crippen LogP contribution in [0.3, 0.4) is 0 Å². The Morgan fingerprint density at radius 1 is 0.880 bits per heavy atom. The molecule has 3 heteroatoms. The molecule has 25 heavy (non-hydrogen) atoms. The number of fused-ring (bicyclic) bond motifs is 2. The summed E-state index contributed by atoms with van der Waals surface area (Å²) in [5.74, 6) is -0.342. The van der Waals surface area contributed by atoms with Gasteiger partial charge in [-0.1, -0.05) is 48.0 Å². The lowest BCUT2D eigenvalue weighted by Crippen LogP contribution is -2.04. The molecule has 0 aliphatic heterocycles. The first-order valence-corrected chi connectivity index (χ1v) is 8.14. The van der Waals surface area contributed by atoms with Crippen LogP contribution in [0, 0.1) is 6.92 Å². The van der Waals surface area contributed by atoms with Gasteiger partial charge in [0.2, 0.25) is 0 Å². The average Bonchev–Trinajstić information content (AvgIpc) is 2.65. The molecule has 0 spiro atoms. The minimum absolute atomic E-state index is 0.342. The van der Waals surface area contributed by atoms with E-state index in [-0.39, 0.29) is 5.97 Å². The number of pyridine rings is 1. The number of hydrogen-bond donors (Lipinski definition) is 0. The van der Waals surface area contributed by atoms with Crippen LogP contribution in [0.15, 0.2) is 66.7 Å². The standard InChI is InChI=1S/C22H17NO2/c1-14-7-9-15(10-8-14)18-13-21-17(12-19(18)22(24)25-2)11-16-5-3-4-6-20(16)23-21/h3-13H,1-2H3. The Labute approximate surface area is 145 Å². The second-order valence-corrected chi connectivity index (χ2v) is 6.13. The first-order chi connectivity index (χ1) is 12.2. The number of carbonyl (C=O) groups is 1. The molecule has 0 amide bonds. The predicted octanol–water partition coefficient (Wildman–Crippen LogP) is 5.15. The van der Waals surface area contributed by atoms with E-state index in [9.17, 15) is 4.79 Å². The van der Waals surface area contributed by atoms with E-state index in [0.717, 1.165) is 32.9 Å². The van der Waals surface area contributed by atoms with Gasteiger partial charge in [-0.2, -0.15) is 0 Å². The van der Waals surface area contributed by atoms with Crippen LogP contribution in [-0.2, 0) is 4.74 Å². The molecule has 3 nitrogen and oxygen atoms in total. The maximum absolute atomic E-state index is 12.3. The molecule has 0 unspecified atom stereocenters. The number of methoxy groups -OCH3 is 1. The van der Waals surface area contributed by atoms with Crippen molar-refractivity contribution in [1.82, 2.24) is 4.98 Å². The highest BCUT2D eigenvalue weighted by molar-refractivity contribution is 6.04. The van der Waals surface area contributed by atoms with E-state index in [0.29, 0.717) is 5.56 Å². The highest BCUT2D eigenvalue weighted by Crippen LogP contribution is 2.30. The smallest absolute Gasteiger partial charge is 0.338 e. The predicted molar refractivity (Wildman–Crippen MR) is 101 cm³/mol. The first-order valence-electron chi connectivity index (χ1n) is 8.14. The molecule has 4 rings (SSSR count). The molecule has 0 atom stereocenters. The van der Waals surface area contributed by atoms with E-state index in [1.807, 2.05) is 67.6 Å². The Bertz CT molecular complexity index is 1100. The maximum Gasteiger partial charge on any atom is 0.338 e. The van der Waals surface area contributed by atoms with Crippen molar-refractivity contribution in [1.29, 1.82) is 0 Å². The number of benzene rings is 3. The van der Waals surface area contributed by atoms with E-state index in [4.69, 9.17) is 9.72 Å². The molecule has 122 valence electrons. The molecule has 0 aliphatic carbocycles. The van der Waals surface area contributed by atoms with Crippen molar-refractivity contribution in [2.75, 3.05) is 7.11 Å². The summed E-state index contributed by atoms with van der Waals surface area (Å²) in [5, 5.41) is 1.98. The lowest BCUT2D eigenvalue weighted by Gasteiger charge is -2.11. The number of hydrogen-bond acceptors (Lipinski definition) is 3. The van der Waals surface area contributed by atoms with Crippen LogP contribution in [0.1, 0.15) is 15.9 Å². The summed E-state index contributed by atoms with van der Waals surface area (Å²) >= 11 is 0. The van der Waals surface area contributed by atoms with Gasteiger partial charge in [-0.3, -0.25) is 0 Å². The Morgan fingerprint density at radius 3 is 2.40 bits per heavy atom. The van der Waals surface area contributed by atoms with Crippen LogP contribution in [0.2, 0.25) is 0 Å². The Balaban J connectivity index is 2.02. The minimum atomic E-state index is -0.342. The fourth-order valence-corrected chi connectivity index (χ4v) is 3.08. The Kier molecular flexibility index (Phi) is 3.69. The highest BCUT2D eigenvalue weighted by atomic mass is 16.5. The molecular weight excluding hydrogens is 310 g/mol. The van der Waals surface area contributed by atoms with E-state index < -0.39 is 0 Å². The number of nitrogens with zero attached hydrogens (tertiary/aromatic N) is 1. The van der Waals surface area contributed by atoms with Crippen LogP contribution >= 0.6 is 0 Å². The van der Waals surface area contributed by atoms with E-state index in [1.54, 1.807) is 0 Å². The van der Waals surface area contributed by atoms with Crippen molar-refractivity contribution in [3.63, 3.8) is 0 Å². The van der Waals surface area contributed by atoms with Crippen LogP contribution in [0.5, 0.6) is 0 Å². The van der Waals surface area contributed by atoms with E-state index >= 15 is 0 Å². The van der Waals surface area contributed by atoms with Crippen molar-refractivity contribution < 1.29 is 9.53 Å². The molecule has 0 N–H and O–H groups in total. The van der Waals surface area contributed by atoms with Gasteiger partial charge in [-0.25, -0.2) is 9.78 Å². The van der Waals surface area contributed by atoms with Crippen molar-refractivity contribution in [2.24, 2.45) is 0 Å². The zero-order chi connectivity index (χ0) is 17.4. The van der Waals surface area contributed by atoms with Gasteiger partial charge in [-0.15, -0.1) is 0 Å². The second kappa shape index (κ2) is 6.02. The minimum Gasteiger partial charge on any atom is -0.465 e. The molecule has 3 aromatic carbocycles. The summed E-state index contributed by atoms with van der Waals surface area (Å²) in [5.41, 5.74) is 5.34. The molecule has 0 saturated heterocycles. The molecule has 0 aliphatic rings.